The maximum Gasteiger partial charge on any atom is 0.270 e. The number of non-ortho nitro benzene ring substituents is 1. The van der Waals surface area contributed by atoms with Gasteiger partial charge in [0.15, 0.2) is 11.6 Å². The van der Waals surface area contributed by atoms with Gasteiger partial charge >= 0.3 is 0 Å². The Kier molecular flexibility index (Phi) is 7.44. The Labute approximate surface area is 176 Å². The van der Waals surface area contributed by atoms with Crippen LogP contribution in [-0.4, -0.2) is 22.8 Å². The minimum Gasteiger partial charge on any atom is -0.348 e. The van der Waals surface area contributed by atoms with E-state index in [0.717, 1.165) is 24.3 Å². The van der Waals surface area contributed by atoms with E-state index < -0.39 is 40.5 Å². The number of nitrogens with one attached hydrogen (secondary N) is 2. The van der Waals surface area contributed by atoms with E-state index >= 15 is 0 Å². The summed E-state index contributed by atoms with van der Waals surface area (Å²) >= 11 is 5.97. The van der Waals surface area contributed by atoms with Gasteiger partial charge in [-0.2, -0.15) is 0 Å². The highest BCUT2D eigenvalue weighted by molar-refractivity contribution is 6.34. The van der Waals surface area contributed by atoms with Crippen LogP contribution in [0.3, 0.4) is 0 Å². The van der Waals surface area contributed by atoms with Gasteiger partial charge in [0.2, 0.25) is 5.91 Å². The van der Waals surface area contributed by atoms with Crippen molar-refractivity contribution >= 4 is 29.1 Å². The quantitative estimate of drug-likeness (QED) is 0.499. The van der Waals surface area contributed by atoms with Gasteiger partial charge in [-0.3, -0.25) is 19.7 Å². The second kappa shape index (κ2) is 9.62. The van der Waals surface area contributed by atoms with Crippen molar-refractivity contribution in [3.8, 4) is 0 Å². The van der Waals surface area contributed by atoms with E-state index in [1.54, 1.807) is 20.8 Å². The third kappa shape index (κ3) is 5.50. The molecule has 0 aliphatic heterocycles. The van der Waals surface area contributed by atoms with Crippen LogP contribution in [0.2, 0.25) is 5.02 Å². The molecule has 0 aliphatic carbocycles. The Morgan fingerprint density at radius 3 is 2.23 bits per heavy atom. The fourth-order valence-corrected chi connectivity index (χ4v) is 2.98. The fourth-order valence-electron chi connectivity index (χ4n) is 2.72. The molecular formula is C20H20ClF2N3O4. The van der Waals surface area contributed by atoms with Crippen molar-refractivity contribution in [2.75, 3.05) is 0 Å². The third-order valence-corrected chi connectivity index (χ3v) is 4.76. The Bertz CT molecular complexity index is 985. The zero-order valence-corrected chi connectivity index (χ0v) is 17.2. The molecule has 2 unspecified atom stereocenters. The fraction of sp³-hybridized carbons (Fsp3) is 0.300. The molecule has 7 nitrogen and oxygen atoms in total. The number of carbonyl (C=O) groups is 2. The molecule has 2 aromatic rings. The van der Waals surface area contributed by atoms with Crippen molar-refractivity contribution in [1.82, 2.24) is 10.6 Å². The molecule has 2 atom stereocenters. The lowest BCUT2D eigenvalue weighted by atomic mass is 10.0. The van der Waals surface area contributed by atoms with E-state index in [-0.39, 0.29) is 22.2 Å². The maximum absolute atomic E-state index is 13.4. The molecule has 0 fully saturated rings. The van der Waals surface area contributed by atoms with Crippen LogP contribution in [0.4, 0.5) is 14.5 Å². The summed E-state index contributed by atoms with van der Waals surface area (Å²) in [6.07, 6.45) is 0. The number of amides is 2. The van der Waals surface area contributed by atoms with E-state index in [1.165, 1.54) is 12.1 Å². The van der Waals surface area contributed by atoms with Gasteiger partial charge in [-0.25, -0.2) is 8.78 Å². The van der Waals surface area contributed by atoms with Crippen molar-refractivity contribution in [3.05, 3.63) is 74.3 Å². The minimum absolute atomic E-state index is 0.0191. The Morgan fingerprint density at radius 2 is 1.70 bits per heavy atom. The first-order chi connectivity index (χ1) is 14.0. The van der Waals surface area contributed by atoms with E-state index in [1.807, 2.05) is 0 Å². The van der Waals surface area contributed by atoms with Crippen molar-refractivity contribution in [2.45, 2.75) is 32.9 Å². The summed E-state index contributed by atoms with van der Waals surface area (Å²) in [5.41, 5.74) is 0.0684. The number of hydrogen-bond donors (Lipinski definition) is 2. The number of benzene rings is 2. The summed E-state index contributed by atoms with van der Waals surface area (Å²) < 4.78 is 26.5. The molecule has 0 bridgehead atoms. The number of nitro groups is 1. The summed E-state index contributed by atoms with van der Waals surface area (Å²) in [5, 5.41) is 15.9. The maximum atomic E-state index is 13.4. The van der Waals surface area contributed by atoms with Crippen LogP contribution in [0.1, 0.15) is 42.7 Å². The molecule has 30 heavy (non-hydrogen) atoms. The van der Waals surface area contributed by atoms with Gasteiger partial charge in [-0.15, -0.1) is 0 Å². The zero-order chi connectivity index (χ0) is 22.6. The van der Waals surface area contributed by atoms with E-state index in [9.17, 15) is 28.5 Å². The molecule has 10 heteroatoms. The number of hydrogen-bond acceptors (Lipinski definition) is 4. The van der Waals surface area contributed by atoms with Crippen molar-refractivity contribution in [2.24, 2.45) is 5.92 Å². The summed E-state index contributed by atoms with van der Waals surface area (Å²) in [7, 11) is 0. The second-order valence-corrected chi connectivity index (χ2v) is 7.43. The molecule has 0 radical (unpaired) electrons. The van der Waals surface area contributed by atoms with E-state index in [4.69, 9.17) is 11.6 Å². The number of carbonyl (C=O) groups excluding carboxylic acids is 2. The molecule has 160 valence electrons. The highest BCUT2D eigenvalue weighted by atomic mass is 35.5. The molecule has 2 aromatic carbocycles. The molecule has 0 heterocycles. The normalized spacial score (nSPS) is 12.9. The monoisotopic (exact) mass is 439 g/mol. The standard InChI is InChI=1S/C20H20ClF2N3O4/c1-10(2)18(20(28)24-11(3)12-4-7-16(22)17(23)8-12)25-19(27)14-6-5-13(26(29)30)9-15(14)21/h4-11,18H,1-3H3,(H,24,28)(H,25,27). The largest absolute Gasteiger partial charge is 0.348 e. The summed E-state index contributed by atoms with van der Waals surface area (Å²) in [5.74, 6) is -3.56. The molecular weight excluding hydrogens is 420 g/mol. The predicted molar refractivity (Wildman–Crippen MR) is 107 cm³/mol. The first kappa shape index (κ1) is 23.2. The average molecular weight is 440 g/mol. The van der Waals surface area contributed by atoms with Gasteiger partial charge in [-0.1, -0.05) is 31.5 Å². The number of nitrogens with zero attached hydrogens (tertiary/aromatic N) is 1. The van der Waals surface area contributed by atoms with Crippen molar-refractivity contribution in [3.63, 3.8) is 0 Å². The van der Waals surface area contributed by atoms with E-state index in [2.05, 4.69) is 10.6 Å². The molecule has 2 N–H and O–H groups in total. The molecule has 2 amide bonds. The molecule has 0 aromatic heterocycles. The lowest BCUT2D eigenvalue weighted by Crippen LogP contribution is -2.50. The van der Waals surface area contributed by atoms with Crippen LogP contribution >= 0.6 is 11.6 Å². The smallest absolute Gasteiger partial charge is 0.270 e. The van der Waals surface area contributed by atoms with Crippen molar-refractivity contribution < 1.29 is 23.3 Å². The van der Waals surface area contributed by atoms with Gasteiger partial charge < -0.3 is 10.6 Å². The summed E-state index contributed by atoms with van der Waals surface area (Å²) in [4.78, 5) is 35.4. The van der Waals surface area contributed by atoms with Gasteiger partial charge in [-0.05, 0) is 36.6 Å². The van der Waals surface area contributed by atoms with Crippen LogP contribution in [0.15, 0.2) is 36.4 Å². The summed E-state index contributed by atoms with van der Waals surface area (Å²) in [6, 6.07) is 5.08. The van der Waals surface area contributed by atoms with Gasteiger partial charge in [0.05, 0.1) is 21.6 Å². The Balaban J connectivity index is 2.14. The molecule has 0 saturated heterocycles. The van der Waals surface area contributed by atoms with Crippen LogP contribution in [0.25, 0.3) is 0 Å². The van der Waals surface area contributed by atoms with Crippen LogP contribution in [0, 0.1) is 27.7 Å². The molecule has 0 aliphatic rings. The van der Waals surface area contributed by atoms with Crippen LogP contribution < -0.4 is 10.6 Å². The highest BCUT2D eigenvalue weighted by Gasteiger charge is 2.27. The molecule has 0 spiro atoms. The van der Waals surface area contributed by atoms with Crippen LogP contribution in [-0.2, 0) is 4.79 Å². The first-order valence-electron chi connectivity index (χ1n) is 9.01. The Hall–Kier alpha value is -3.07. The van der Waals surface area contributed by atoms with Gasteiger partial charge in [0.25, 0.3) is 11.6 Å². The van der Waals surface area contributed by atoms with E-state index in [0.29, 0.717) is 5.56 Å². The van der Waals surface area contributed by atoms with Gasteiger partial charge in [0.1, 0.15) is 6.04 Å². The topological polar surface area (TPSA) is 101 Å². The van der Waals surface area contributed by atoms with Crippen LogP contribution in [0.5, 0.6) is 0 Å². The van der Waals surface area contributed by atoms with Gasteiger partial charge in [0, 0.05) is 12.1 Å². The third-order valence-electron chi connectivity index (χ3n) is 4.45. The molecule has 0 saturated carbocycles. The number of nitro benzene ring substituents is 1. The number of rotatable bonds is 7. The number of halogens is 3. The predicted octanol–water partition coefficient (Wildman–Crippen LogP) is 4.16. The average Bonchev–Trinajstić information content (AvgIpc) is 2.67. The zero-order valence-electron chi connectivity index (χ0n) is 16.4. The molecule has 2 rings (SSSR count). The Morgan fingerprint density at radius 1 is 1.03 bits per heavy atom. The SMILES string of the molecule is CC(NC(=O)C(NC(=O)c1ccc([N+](=O)[O-])cc1Cl)C(C)C)c1ccc(F)c(F)c1. The summed E-state index contributed by atoms with van der Waals surface area (Å²) in [6.45, 7) is 5.02. The van der Waals surface area contributed by atoms with Crippen molar-refractivity contribution in [1.29, 1.82) is 0 Å². The minimum atomic E-state index is -1.03. The highest BCUT2D eigenvalue weighted by Crippen LogP contribution is 2.23. The lowest BCUT2D eigenvalue weighted by Gasteiger charge is -2.24. The second-order valence-electron chi connectivity index (χ2n) is 7.02. The lowest BCUT2D eigenvalue weighted by molar-refractivity contribution is -0.384. The first-order valence-corrected chi connectivity index (χ1v) is 9.39.